The quantitative estimate of drug-likeness (QED) is 0.583. The average Bonchev–Trinajstić information content (AvgIpc) is 3.17. The molecule has 8 nitrogen and oxygen atoms in total. The van der Waals surface area contributed by atoms with Gasteiger partial charge in [-0.05, 0) is 42.0 Å². The third-order valence-corrected chi connectivity index (χ3v) is 5.21. The van der Waals surface area contributed by atoms with Crippen LogP contribution in [0.3, 0.4) is 0 Å². The highest BCUT2D eigenvalue weighted by Crippen LogP contribution is 2.48. The lowest BCUT2D eigenvalue weighted by Gasteiger charge is -2.24. The summed E-state index contributed by atoms with van der Waals surface area (Å²) in [6.45, 7) is 0. The van der Waals surface area contributed by atoms with Crippen molar-refractivity contribution < 1.29 is 19.3 Å². The van der Waals surface area contributed by atoms with E-state index in [0.29, 0.717) is 22.6 Å². The molecule has 0 aliphatic carbocycles. The molecule has 1 aliphatic rings. The van der Waals surface area contributed by atoms with Crippen LogP contribution in [0.25, 0.3) is 11.3 Å². The maximum absolute atomic E-state index is 10.1. The van der Waals surface area contributed by atoms with Crippen LogP contribution in [0.4, 0.5) is 0 Å². The molecule has 9 heteroatoms. The van der Waals surface area contributed by atoms with E-state index in [1.54, 1.807) is 19.2 Å². The van der Waals surface area contributed by atoms with Crippen LogP contribution in [0.5, 0.6) is 23.1 Å². The van der Waals surface area contributed by atoms with Gasteiger partial charge in [0.15, 0.2) is 11.5 Å². The second kappa shape index (κ2) is 7.54. The van der Waals surface area contributed by atoms with Gasteiger partial charge >= 0.3 is 0 Å². The molecule has 30 heavy (non-hydrogen) atoms. The molecule has 152 valence electrons. The molecular weight excluding hydrogens is 408 g/mol. The second-order valence-corrected chi connectivity index (χ2v) is 6.93. The molecule has 1 atom stereocenters. The van der Waals surface area contributed by atoms with Crippen LogP contribution >= 0.6 is 11.6 Å². The molecular formula is C21H17ClN4O4. The van der Waals surface area contributed by atoms with Gasteiger partial charge in [-0.2, -0.15) is 5.26 Å². The third kappa shape index (κ3) is 3.06. The summed E-state index contributed by atoms with van der Waals surface area (Å²) in [6.07, 6.45) is 0. The van der Waals surface area contributed by atoms with Crippen LogP contribution < -0.4 is 19.9 Å². The Morgan fingerprint density at radius 2 is 1.97 bits per heavy atom. The molecule has 0 saturated heterocycles. The number of nitrogens with zero attached hydrogens (tertiary/aromatic N) is 2. The number of hydrogen-bond donors (Lipinski definition) is 3. The fraction of sp³-hybridized carbons (Fsp3) is 0.143. The normalized spacial score (nSPS) is 15.2. The lowest BCUT2D eigenvalue weighted by molar-refractivity contribution is 0.371. The van der Waals surface area contributed by atoms with E-state index in [4.69, 9.17) is 31.5 Å². The van der Waals surface area contributed by atoms with Gasteiger partial charge in [-0.15, -0.1) is 5.10 Å². The van der Waals surface area contributed by atoms with Crippen molar-refractivity contribution in [3.05, 3.63) is 64.0 Å². The van der Waals surface area contributed by atoms with Crippen molar-refractivity contribution in [1.29, 1.82) is 5.26 Å². The first-order valence-corrected chi connectivity index (χ1v) is 9.23. The van der Waals surface area contributed by atoms with Gasteiger partial charge in [-0.3, -0.25) is 5.10 Å². The molecule has 4 N–H and O–H groups in total. The second-order valence-electron chi connectivity index (χ2n) is 6.52. The Labute approximate surface area is 177 Å². The molecule has 0 saturated carbocycles. The Morgan fingerprint density at radius 3 is 2.60 bits per heavy atom. The van der Waals surface area contributed by atoms with Crippen LogP contribution in [0.15, 0.2) is 47.9 Å². The smallest absolute Gasteiger partial charge is 0.244 e. The lowest BCUT2D eigenvalue weighted by atomic mass is 9.83. The number of methoxy groups -OCH3 is 2. The van der Waals surface area contributed by atoms with Gasteiger partial charge in [0, 0.05) is 5.56 Å². The molecule has 0 spiro atoms. The van der Waals surface area contributed by atoms with E-state index in [0.717, 1.165) is 5.56 Å². The number of rotatable bonds is 4. The Balaban J connectivity index is 1.94. The number of benzene rings is 2. The molecule has 2 aromatic carbocycles. The highest BCUT2D eigenvalue weighted by molar-refractivity contribution is 6.32. The van der Waals surface area contributed by atoms with E-state index in [1.165, 1.54) is 7.11 Å². The van der Waals surface area contributed by atoms with Crippen LogP contribution in [-0.4, -0.2) is 29.5 Å². The summed E-state index contributed by atoms with van der Waals surface area (Å²) in [7, 11) is 3.01. The number of nitrogens with two attached hydrogens (primary N) is 1. The number of halogens is 1. The average molecular weight is 425 g/mol. The molecule has 1 aromatic heterocycles. The van der Waals surface area contributed by atoms with Gasteiger partial charge in [-0.25, -0.2) is 0 Å². The van der Waals surface area contributed by atoms with Gasteiger partial charge in [0.2, 0.25) is 11.8 Å². The van der Waals surface area contributed by atoms with E-state index < -0.39 is 5.92 Å². The van der Waals surface area contributed by atoms with E-state index >= 15 is 0 Å². The number of aromatic hydroxyl groups is 1. The van der Waals surface area contributed by atoms with Crippen molar-refractivity contribution >= 4 is 11.6 Å². The Hall–Kier alpha value is -3.83. The van der Waals surface area contributed by atoms with E-state index in [-0.39, 0.29) is 33.9 Å². The lowest BCUT2D eigenvalue weighted by Crippen LogP contribution is -2.21. The van der Waals surface area contributed by atoms with Crippen molar-refractivity contribution in [3.8, 4) is 40.5 Å². The third-order valence-electron chi connectivity index (χ3n) is 4.92. The zero-order valence-electron chi connectivity index (χ0n) is 16.1. The summed E-state index contributed by atoms with van der Waals surface area (Å²) in [5.74, 6) is 0.263. The van der Waals surface area contributed by atoms with Crippen molar-refractivity contribution in [1.82, 2.24) is 10.2 Å². The van der Waals surface area contributed by atoms with E-state index in [1.807, 2.05) is 24.3 Å². The molecule has 3 aromatic rings. The van der Waals surface area contributed by atoms with Crippen molar-refractivity contribution in [2.24, 2.45) is 5.73 Å². The van der Waals surface area contributed by atoms with E-state index in [9.17, 15) is 10.4 Å². The fourth-order valence-electron chi connectivity index (χ4n) is 3.47. The first-order chi connectivity index (χ1) is 14.5. The van der Waals surface area contributed by atoms with Crippen LogP contribution in [0, 0.1) is 11.3 Å². The molecule has 0 unspecified atom stereocenters. The maximum atomic E-state index is 10.1. The minimum absolute atomic E-state index is 0.0501. The topological polar surface area (TPSA) is 126 Å². The largest absolute Gasteiger partial charge is 0.503 e. The number of phenolic OH excluding ortho intramolecular Hbond substituents is 1. The van der Waals surface area contributed by atoms with Crippen LogP contribution in [-0.2, 0) is 0 Å². The fourth-order valence-corrected chi connectivity index (χ4v) is 3.69. The molecule has 2 heterocycles. The monoisotopic (exact) mass is 424 g/mol. The Morgan fingerprint density at radius 1 is 1.23 bits per heavy atom. The SMILES string of the molecule is COc1ccc(-c2[nH]nc3c2[C@H](c2cc(Cl)c(O)c(OC)c2)C(C#N)=C(N)O3)cc1. The van der Waals surface area contributed by atoms with Crippen molar-refractivity contribution in [2.75, 3.05) is 14.2 Å². The number of nitrogens with one attached hydrogen (secondary N) is 1. The molecule has 0 amide bonds. The molecule has 1 aliphatic heterocycles. The zero-order valence-corrected chi connectivity index (χ0v) is 16.8. The number of ether oxygens (including phenoxy) is 3. The molecule has 4 rings (SSSR count). The van der Waals surface area contributed by atoms with Gasteiger partial charge in [0.25, 0.3) is 0 Å². The zero-order chi connectivity index (χ0) is 21.4. The number of H-pyrrole nitrogens is 1. The first-order valence-electron chi connectivity index (χ1n) is 8.85. The minimum Gasteiger partial charge on any atom is -0.503 e. The number of fused-ring (bicyclic) bond motifs is 1. The highest BCUT2D eigenvalue weighted by Gasteiger charge is 2.36. The van der Waals surface area contributed by atoms with Gasteiger partial charge < -0.3 is 25.1 Å². The van der Waals surface area contributed by atoms with Gasteiger partial charge in [-0.1, -0.05) is 11.6 Å². The number of nitriles is 1. The van der Waals surface area contributed by atoms with Crippen molar-refractivity contribution in [2.45, 2.75) is 5.92 Å². The maximum Gasteiger partial charge on any atom is 0.244 e. The predicted molar refractivity (Wildman–Crippen MR) is 110 cm³/mol. The summed E-state index contributed by atoms with van der Waals surface area (Å²) < 4.78 is 16.0. The molecule has 0 fully saturated rings. The molecule has 0 radical (unpaired) electrons. The molecule has 0 bridgehead atoms. The number of aromatic nitrogens is 2. The van der Waals surface area contributed by atoms with Crippen LogP contribution in [0.1, 0.15) is 17.0 Å². The van der Waals surface area contributed by atoms with E-state index in [2.05, 4.69) is 16.3 Å². The summed E-state index contributed by atoms with van der Waals surface area (Å²) >= 11 is 6.21. The standard InChI is InChI=1S/C21H17ClN4O4/c1-28-12-5-3-10(4-6-12)18-17-16(11-7-14(22)19(27)15(8-11)29-2)13(9-23)20(24)30-21(17)26-25-18/h3-8,16,27H,24H2,1-2H3,(H,25,26)/t16-/m1/s1. The van der Waals surface area contributed by atoms with Gasteiger partial charge in [0.1, 0.15) is 17.4 Å². The first kappa shape index (κ1) is 19.5. The summed E-state index contributed by atoms with van der Waals surface area (Å²) in [4.78, 5) is 0. The van der Waals surface area contributed by atoms with Gasteiger partial charge in [0.05, 0.1) is 36.4 Å². The minimum atomic E-state index is -0.637. The summed E-state index contributed by atoms with van der Waals surface area (Å²) in [5.41, 5.74) is 8.88. The Bertz CT molecular complexity index is 1190. The number of aromatic amines is 1. The number of allylic oxidation sites excluding steroid dienone is 1. The highest BCUT2D eigenvalue weighted by atomic mass is 35.5. The van der Waals surface area contributed by atoms with Crippen LogP contribution in [0.2, 0.25) is 5.02 Å². The summed E-state index contributed by atoms with van der Waals surface area (Å²) in [5, 5.41) is 27.2. The number of hydrogen-bond acceptors (Lipinski definition) is 7. The predicted octanol–water partition coefficient (Wildman–Crippen LogP) is 3.67. The summed E-state index contributed by atoms with van der Waals surface area (Å²) in [6, 6.07) is 12.7. The number of phenols is 1. The Kier molecular flexibility index (Phi) is 4.90. The van der Waals surface area contributed by atoms with Crippen molar-refractivity contribution in [3.63, 3.8) is 0 Å².